The van der Waals surface area contributed by atoms with Crippen LogP contribution in [0.5, 0.6) is 0 Å². The number of nitrogens with one attached hydrogen (secondary N) is 1. The number of hydrogen-bond acceptors (Lipinski definition) is 3. The monoisotopic (exact) mass is 410 g/mol. The number of fused-ring (bicyclic) bond motifs is 1. The van der Waals surface area contributed by atoms with Crippen LogP contribution >= 0.6 is 15.9 Å². The highest BCUT2D eigenvalue weighted by Crippen LogP contribution is 2.43. The molecule has 0 spiro atoms. The summed E-state index contributed by atoms with van der Waals surface area (Å²) in [6, 6.07) is 12.6. The maximum Gasteiger partial charge on any atom is 0.128 e. The number of aryl methyl sites for hydroxylation is 2. The molecule has 1 atom stereocenters. The Morgan fingerprint density at radius 3 is 2.88 bits per heavy atom. The second kappa shape index (κ2) is 7.23. The first kappa shape index (κ1) is 17.3. The fraction of sp³-hybridized carbons (Fsp3) is 0.333. The summed E-state index contributed by atoms with van der Waals surface area (Å²) in [6.07, 6.45) is 4.09. The van der Waals surface area contributed by atoms with Crippen molar-refractivity contribution in [2.24, 2.45) is 0 Å². The average molecular weight is 411 g/mol. The molecule has 3 aromatic rings. The predicted octanol–water partition coefficient (Wildman–Crippen LogP) is 5.37. The van der Waals surface area contributed by atoms with Gasteiger partial charge in [0.2, 0.25) is 0 Å². The van der Waals surface area contributed by atoms with E-state index < -0.39 is 0 Å². The smallest absolute Gasteiger partial charge is 0.128 e. The van der Waals surface area contributed by atoms with Crippen molar-refractivity contribution in [1.82, 2.24) is 14.8 Å². The van der Waals surface area contributed by atoms with Gasteiger partial charge < -0.3 is 5.32 Å². The number of aromatic nitrogens is 3. The predicted molar refractivity (Wildman–Crippen MR) is 110 cm³/mol. The van der Waals surface area contributed by atoms with Gasteiger partial charge in [0.05, 0.1) is 5.69 Å². The van der Waals surface area contributed by atoms with Crippen LogP contribution in [0.4, 0.5) is 5.82 Å². The quantitative estimate of drug-likeness (QED) is 0.630. The molecule has 4 nitrogen and oxygen atoms in total. The van der Waals surface area contributed by atoms with Crippen molar-refractivity contribution in [2.75, 3.05) is 11.9 Å². The molecule has 0 aliphatic carbocycles. The van der Waals surface area contributed by atoms with Crippen molar-refractivity contribution >= 4 is 21.7 Å². The zero-order valence-electron chi connectivity index (χ0n) is 15.2. The van der Waals surface area contributed by atoms with Crippen LogP contribution in [0.3, 0.4) is 0 Å². The molecule has 1 unspecified atom stereocenters. The van der Waals surface area contributed by atoms with E-state index in [1.807, 2.05) is 18.3 Å². The summed E-state index contributed by atoms with van der Waals surface area (Å²) in [7, 11) is 0. The van der Waals surface area contributed by atoms with E-state index in [4.69, 9.17) is 5.10 Å². The number of pyridine rings is 1. The summed E-state index contributed by atoms with van der Waals surface area (Å²) in [5.74, 6) is 1.48. The third kappa shape index (κ3) is 3.05. The Hall–Kier alpha value is -2.14. The average Bonchev–Trinajstić information content (AvgIpc) is 2.88. The highest BCUT2D eigenvalue weighted by Gasteiger charge is 2.30. The van der Waals surface area contributed by atoms with Crippen LogP contribution in [0.2, 0.25) is 0 Å². The minimum Gasteiger partial charge on any atom is -0.370 e. The van der Waals surface area contributed by atoms with E-state index in [9.17, 15) is 0 Å². The number of anilines is 1. The van der Waals surface area contributed by atoms with Crippen molar-refractivity contribution < 1.29 is 0 Å². The maximum atomic E-state index is 4.93. The largest absolute Gasteiger partial charge is 0.370 e. The molecule has 0 bridgehead atoms. The van der Waals surface area contributed by atoms with Gasteiger partial charge >= 0.3 is 0 Å². The van der Waals surface area contributed by atoms with Gasteiger partial charge in [-0.1, -0.05) is 28.1 Å². The molecule has 26 heavy (non-hydrogen) atoms. The molecule has 3 heterocycles. The highest BCUT2D eigenvalue weighted by atomic mass is 79.9. The van der Waals surface area contributed by atoms with Gasteiger partial charge in [-0.2, -0.15) is 5.10 Å². The summed E-state index contributed by atoms with van der Waals surface area (Å²) in [4.78, 5) is 4.59. The number of rotatable bonds is 3. The zero-order valence-corrected chi connectivity index (χ0v) is 16.8. The second-order valence-corrected chi connectivity index (χ2v) is 7.68. The van der Waals surface area contributed by atoms with Crippen LogP contribution in [0.15, 0.2) is 47.1 Å². The molecule has 1 aromatic carbocycles. The number of halogens is 1. The van der Waals surface area contributed by atoms with Crippen molar-refractivity contribution in [2.45, 2.75) is 39.2 Å². The van der Waals surface area contributed by atoms with Crippen molar-refractivity contribution in [3.8, 4) is 11.4 Å². The van der Waals surface area contributed by atoms with E-state index in [1.165, 1.54) is 16.7 Å². The van der Waals surface area contributed by atoms with Gasteiger partial charge in [-0.25, -0.2) is 4.68 Å². The number of hydrogen-bond donors (Lipinski definition) is 1. The Kier molecular flexibility index (Phi) is 4.81. The first-order chi connectivity index (χ1) is 12.7. The van der Waals surface area contributed by atoms with Gasteiger partial charge in [0.25, 0.3) is 0 Å². The van der Waals surface area contributed by atoms with Crippen molar-refractivity contribution in [3.05, 3.63) is 63.8 Å². The normalized spacial score (nSPS) is 16.7. The molecule has 1 aliphatic heterocycles. The Morgan fingerprint density at radius 1 is 1.27 bits per heavy atom. The van der Waals surface area contributed by atoms with Crippen LogP contribution in [0.1, 0.15) is 42.4 Å². The van der Waals surface area contributed by atoms with E-state index in [2.05, 4.69) is 69.0 Å². The van der Waals surface area contributed by atoms with E-state index in [1.54, 1.807) is 0 Å². The van der Waals surface area contributed by atoms with E-state index in [0.29, 0.717) is 5.92 Å². The minimum absolute atomic E-state index is 0.324. The molecular formula is C21H23BrN4. The lowest BCUT2D eigenvalue weighted by Gasteiger charge is -2.19. The third-order valence-corrected chi connectivity index (χ3v) is 5.61. The molecular weight excluding hydrogens is 388 g/mol. The molecule has 1 aliphatic rings. The Balaban J connectivity index is 1.94. The van der Waals surface area contributed by atoms with Gasteiger partial charge in [-0.3, -0.25) is 4.98 Å². The van der Waals surface area contributed by atoms with Crippen molar-refractivity contribution in [1.29, 1.82) is 0 Å². The Bertz CT molecular complexity index is 917. The van der Waals surface area contributed by atoms with E-state index >= 15 is 0 Å². The van der Waals surface area contributed by atoms with Crippen LogP contribution in [-0.4, -0.2) is 21.3 Å². The first-order valence-electron chi connectivity index (χ1n) is 9.21. The molecule has 0 saturated heterocycles. The fourth-order valence-corrected chi connectivity index (χ4v) is 4.39. The van der Waals surface area contributed by atoms with Crippen LogP contribution in [-0.2, 0) is 6.54 Å². The molecule has 4 rings (SSSR count). The summed E-state index contributed by atoms with van der Waals surface area (Å²) < 4.78 is 3.21. The molecule has 0 fully saturated rings. The van der Waals surface area contributed by atoms with Crippen molar-refractivity contribution in [3.63, 3.8) is 0 Å². The number of nitrogens with zero attached hydrogens (tertiary/aromatic N) is 3. The molecule has 5 heteroatoms. The fourth-order valence-electron chi connectivity index (χ4n) is 3.91. The maximum absolute atomic E-state index is 4.93. The summed E-state index contributed by atoms with van der Waals surface area (Å²) in [6.45, 7) is 6.16. The highest BCUT2D eigenvalue weighted by molar-refractivity contribution is 9.10. The molecule has 0 amide bonds. The second-order valence-electron chi connectivity index (χ2n) is 6.76. The molecule has 0 saturated carbocycles. The summed E-state index contributed by atoms with van der Waals surface area (Å²) in [5, 5.41) is 8.56. The lowest BCUT2D eigenvalue weighted by Crippen LogP contribution is -2.07. The Morgan fingerprint density at radius 2 is 2.15 bits per heavy atom. The molecule has 1 N–H and O–H groups in total. The van der Waals surface area contributed by atoms with E-state index in [0.717, 1.165) is 47.6 Å². The van der Waals surface area contributed by atoms with E-state index in [-0.39, 0.29) is 0 Å². The summed E-state index contributed by atoms with van der Waals surface area (Å²) >= 11 is 3.60. The lowest BCUT2D eigenvalue weighted by molar-refractivity contribution is 0.663. The standard InChI is InChI=1S/C21H23BrN4/c1-3-26-21-19(20(25-26)18-8-4-5-11-23-18)17(7-6-12-24-21)16-10-9-15(22)13-14(16)2/h4-5,8-11,13,17,24H,3,6-7,12H2,1-2H3. The lowest BCUT2D eigenvalue weighted by atomic mass is 9.85. The van der Waals surface area contributed by atoms with Gasteiger partial charge in [0.1, 0.15) is 11.5 Å². The third-order valence-electron chi connectivity index (χ3n) is 5.11. The van der Waals surface area contributed by atoms with Crippen LogP contribution in [0, 0.1) is 6.92 Å². The van der Waals surface area contributed by atoms with Crippen LogP contribution < -0.4 is 5.32 Å². The molecule has 2 aromatic heterocycles. The SMILES string of the molecule is CCn1nc(-c2ccccn2)c2c1NCCCC2c1ccc(Br)cc1C. The topological polar surface area (TPSA) is 42.7 Å². The zero-order chi connectivity index (χ0) is 18.1. The van der Waals surface area contributed by atoms with Gasteiger partial charge in [-0.05, 0) is 62.1 Å². The first-order valence-corrected chi connectivity index (χ1v) is 10.0. The molecule has 0 radical (unpaired) electrons. The Labute approximate surface area is 162 Å². The number of benzene rings is 1. The molecule has 134 valence electrons. The van der Waals surface area contributed by atoms with Gasteiger partial charge in [0.15, 0.2) is 0 Å². The summed E-state index contributed by atoms with van der Waals surface area (Å²) in [5.41, 5.74) is 5.93. The van der Waals surface area contributed by atoms with Crippen LogP contribution in [0.25, 0.3) is 11.4 Å². The minimum atomic E-state index is 0.324. The van der Waals surface area contributed by atoms with Gasteiger partial charge in [0, 0.05) is 35.2 Å². The van der Waals surface area contributed by atoms with Gasteiger partial charge in [-0.15, -0.1) is 0 Å².